The van der Waals surface area contributed by atoms with Crippen molar-refractivity contribution in [2.45, 2.75) is 43.7 Å². The van der Waals surface area contributed by atoms with E-state index in [0.29, 0.717) is 6.54 Å². The van der Waals surface area contributed by atoms with Gasteiger partial charge in [0.1, 0.15) is 24.7 Å². The van der Waals surface area contributed by atoms with E-state index >= 15 is 0 Å². The van der Waals surface area contributed by atoms with Crippen molar-refractivity contribution in [3.8, 4) is 0 Å². The number of carbonyl (C=O) groups excluding carboxylic acids is 2. The summed E-state index contributed by atoms with van der Waals surface area (Å²) in [6.45, 7) is 2.01. The van der Waals surface area contributed by atoms with Gasteiger partial charge in [-0.15, -0.1) is 10.2 Å². The van der Waals surface area contributed by atoms with Crippen LogP contribution in [0, 0.1) is 0 Å². The smallest absolute Gasteiger partial charge is 0.326 e. The molecular weight excluding hydrogens is 453 g/mol. The average molecular weight is 477 g/mol. The predicted molar refractivity (Wildman–Crippen MR) is 109 cm³/mol. The second-order valence-corrected chi connectivity index (χ2v) is 6.56. The third kappa shape index (κ3) is 13.7. The van der Waals surface area contributed by atoms with Gasteiger partial charge in [0.05, 0.1) is 0 Å². The van der Waals surface area contributed by atoms with E-state index in [-0.39, 0.29) is 35.2 Å². The van der Waals surface area contributed by atoms with Gasteiger partial charge >= 0.3 is 23.9 Å². The first kappa shape index (κ1) is 28.5. The van der Waals surface area contributed by atoms with Gasteiger partial charge in [0.25, 0.3) is 5.91 Å². The highest BCUT2D eigenvalue weighted by Crippen LogP contribution is 2.13. The molecule has 0 aliphatic carbocycles. The third-order valence-corrected chi connectivity index (χ3v) is 3.79. The summed E-state index contributed by atoms with van der Waals surface area (Å²) in [5.74, 6) is -4.13. The lowest BCUT2D eigenvalue weighted by Crippen LogP contribution is -2.47. The molecule has 1 aromatic heterocycles. The molecule has 0 spiro atoms. The van der Waals surface area contributed by atoms with Crippen LogP contribution in [0.1, 0.15) is 43.1 Å². The lowest BCUT2D eigenvalue weighted by molar-refractivity contribution is -0.140. The fourth-order valence-electron chi connectivity index (χ4n) is 1.84. The minimum Gasteiger partial charge on any atom is -0.481 e. The van der Waals surface area contributed by atoms with Gasteiger partial charge in [0.2, 0.25) is 0 Å². The molecule has 3 amide bonds. The average Bonchev–Trinajstić information content (AvgIpc) is 2.75. The van der Waals surface area contributed by atoms with Gasteiger partial charge in [-0.05, 0) is 25.0 Å². The summed E-state index contributed by atoms with van der Waals surface area (Å²) >= 11 is 0.00538. The number of carbonyl (C=O) groups is 5. The van der Waals surface area contributed by atoms with Crippen LogP contribution in [0.2, 0.25) is 0 Å². The van der Waals surface area contributed by atoms with Gasteiger partial charge in [0.15, 0.2) is 10.7 Å². The molecule has 0 saturated heterocycles. The number of hydrogen-bond acceptors (Lipinski definition) is 8. The third-order valence-electron chi connectivity index (χ3n) is 3.42. The number of carboxylic acid groups (broad SMARTS) is 3. The first-order valence-electron chi connectivity index (χ1n) is 9.21. The molecule has 0 saturated carbocycles. The topological polar surface area (TPSA) is 208 Å². The summed E-state index contributed by atoms with van der Waals surface area (Å²) in [7, 11) is 0. The number of halogens is 1. The van der Waals surface area contributed by atoms with Crippen molar-refractivity contribution in [3.63, 3.8) is 0 Å². The van der Waals surface area contributed by atoms with Crippen molar-refractivity contribution in [1.29, 1.82) is 0 Å². The maximum Gasteiger partial charge on any atom is 0.326 e. The fraction of sp³-hybridized carbons (Fsp3) is 0.471. The molecule has 6 N–H and O–H groups in total. The van der Waals surface area contributed by atoms with Crippen molar-refractivity contribution in [1.82, 2.24) is 26.1 Å². The van der Waals surface area contributed by atoms with Crippen molar-refractivity contribution in [3.05, 3.63) is 17.8 Å². The highest BCUT2D eigenvalue weighted by atomic mass is 32.2. The Labute approximate surface area is 186 Å². The van der Waals surface area contributed by atoms with Gasteiger partial charge in [-0.2, -0.15) is 3.89 Å². The van der Waals surface area contributed by atoms with E-state index in [1.54, 1.807) is 0 Å². The summed E-state index contributed by atoms with van der Waals surface area (Å²) < 4.78 is 12.0. The second kappa shape index (κ2) is 16.2. The Bertz CT molecular complexity index is 781. The molecule has 0 aliphatic heterocycles. The molecule has 32 heavy (non-hydrogen) atoms. The van der Waals surface area contributed by atoms with Crippen LogP contribution in [0.15, 0.2) is 17.2 Å². The predicted octanol–water partition coefficient (Wildman–Crippen LogP) is 0.671. The normalized spacial score (nSPS) is 10.7. The molecule has 0 aliphatic rings. The molecule has 1 heterocycles. The van der Waals surface area contributed by atoms with E-state index < -0.39 is 42.9 Å². The van der Waals surface area contributed by atoms with Gasteiger partial charge in [-0.1, -0.05) is 13.3 Å². The standard InChI is InChI=1S/C9H12FN3OS.C8H12N2O7/c1-2-3-6-11-9(14)7-4-5-8(15-10)13-12-7;11-5(12)2-1-4(7(15)16)10-8(17)9-3-6(13)14/h4-5H,2-3,6H2,1H3,(H,11,14);4H,1-3H2,(H,11,12)(H,13,14)(H,15,16)(H2,9,10,17). The highest BCUT2D eigenvalue weighted by Gasteiger charge is 2.20. The number of unbranched alkanes of at least 4 members (excludes halogenated alkanes) is 1. The van der Waals surface area contributed by atoms with E-state index in [0.717, 1.165) is 12.8 Å². The monoisotopic (exact) mass is 477 g/mol. The largest absolute Gasteiger partial charge is 0.481 e. The molecule has 15 heteroatoms. The van der Waals surface area contributed by atoms with E-state index in [9.17, 15) is 27.9 Å². The number of aromatic nitrogens is 2. The fourth-order valence-corrected chi connectivity index (χ4v) is 2.03. The van der Waals surface area contributed by atoms with Crippen LogP contribution < -0.4 is 16.0 Å². The molecule has 178 valence electrons. The lowest BCUT2D eigenvalue weighted by Gasteiger charge is -2.13. The van der Waals surface area contributed by atoms with E-state index in [1.165, 1.54) is 12.1 Å². The Balaban J connectivity index is 0.000000604. The Morgan fingerprint density at radius 1 is 1.06 bits per heavy atom. The summed E-state index contributed by atoms with van der Waals surface area (Å²) in [5, 5.41) is 39.1. The quantitative estimate of drug-likeness (QED) is 0.230. The molecule has 1 rings (SSSR count). The van der Waals surface area contributed by atoms with Gasteiger partial charge in [-0.25, -0.2) is 9.59 Å². The van der Waals surface area contributed by atoms with Crippen LogP contribution in [-0.2, 0) is 14.4 Å². The Morgan fingerprint density at radius 3 is 2.22 bits per heavy atom. The molecule has 0 bridgehead atoms. The van der Waals surface area contributed by atoms with Crippen molar-refractivity contribution < 1.29 is 43.2 Å². The number of nitrogens with one attached hydrogen (secondary N) is 3. The minimum atomic E-state index is -1.39. The van der Waals surface area contributed by atoms with Crippen molar-refractivity contribution in [2.24, 2.45) is 0 Å². The molecule has 1 aromatic rings. The van der Waals surface area contributed by atoms with Gasteiger partial charge in [-0.3, -0.25) is 14.4 Å². The minimum absolute atomic E-state index is 0.00538. The Kier molecular flexibility index (Phi) is 14.5. The summed E-state index contributed by atoms with van der Waals surface area (Å²) in [4.78, 5) is 53.4. The zero-order valence-electron chi connectivity index (χ0n) is 17.0. The van der Waals surface area contributed by atoms with Crippen molar-refractivity contribution in [2.75, 3.05) is 13.1 Å². The van der Waals surface area contributed by atoms with Gasteiger partial charge in [0, 0.05) is 13.0 Å². The van der Waals surface area contributed by atoms with E-state index in [1.807, 2.05) is 17.6 Å². The number of hydrogen-bond donors (Lipinski definition) is 6. The highest BCUT2D eigenvalue weighted by molar-refractivity contribution is 7.94. The molecule has 1 unspecified atom stereocenters. The van der Waals surface area contributed by atoms with Crippen LogP contribution in [0.3, 0.4) is 0 Å². The summed E-state index contributed by atoms with van der Waals surface area (Å²) in [6, 6.07) is 0.521. The molecular formula is C17H24FN5O8S. The maximum atomic E-state index is 12.0. The number of rotatable bonds is 12. The van der Waals surface area contributed by atoms with Crippen LogP contribution in [0.5, 0.6) is 0 Å². The molecule has 0 radical (unpaired) electrons. The zero-order valence-corrected chi connectivity index (χ0v) is 17.9. The summed E-state index contributed by atoms with van der Waals surface area (Å²) in [5.41, 5.74) is 0.212. The van der Waals surface area contributed by atoms with E-state index in [2.05, 4.69) is 15.5 Å². The van der Waals surface area contributed by atoms with Crippen LogP contribution in [0.4, 0.5) is 8.68 Å². The van der Waals surface area contributed by atoms with Crippen LogP contribution in [-0.4, -0.2) is 74.5 Å². The zero-order chi connectivity index (χ0) is 24.5. The van der Waals surface area contributed by atoms with Crippen LogP contribution >= 0.6 is 12.1 Å². The number of nitrogens with zero attached hydrogens (tertiary/aromatic N) is 2. The number of amides is 3. The number of urea groups is 1. The van der Waals surface area contributed by atoms with Crippen LogP contribution in [0.25, 0.3) is 0 Å². The molecule has 13 nitrogen and oxygen atoms in total. The Morgan fingerprint density at radius 2 is 1.75 bits per heavy atom. The lowest BCUT2D eigenvalue weighted by atomic mass is 10.1. The molecule has 0 aromatic carbocycles. The van der Waals surface area contributed by atoms with E-state index in [4.69, 9.17) is 15.3 Å². The summed E-state index contributed by atoms with van der Waals surface area (Å²) in [6.07, 6.45) is 1.24. The molecule has 1 atom stereocenters. The first-order valence-corrected chi connectivity index (χ1v) is 9.93. The molecule has 0 fully saturated rings. The number of carboxylic acids is 3. The Hall–Kier alpha value is -3.49. The SMILES string of the molecule is CCCCNC(=O)c1ccc(SF)nn1.O=C(O)CCC(NC(=O)NCC(=O)O)C(=O)O. The second-order valence-electron chi connectivity index (χ2n) is 5.99. The van der Waals surface area contributed by atoms with Gasteiger partial charge < -0.3 is 31.3 Å². The first-order chi connectivity index (χ1) is 15.1. The number of aliphatic carboxylic acids is 3. The van der Waals surface area contributed by atoms with Crippen molar-refractivity contribution >= 4 is 42.0 Å². The maximum absolute atomic E-state index is 12.0.